The van der Waals surface area contributed by atoms with E-state index in [-0.39, 0.29) is 0 Å². The summed E-state index contributed by atoms with van der Waals surface area (Å²) < 4.78 is 0. The zero-order valence-electron chi connectivity index (χ0n) is 9.32. The van der Waals surface area contributed by atoms with Gasteiger partial charge in [-0.25, -0.2) is 0 Å². The minimum absolute atomic E-state index is 0.512. The molecule has 0 saturated carbocycles. The first kappa shape index (κ1) is 12.3. The molecule has 0 amide bonds. The highest BCUT2D eigenvalue weighted by Gasteiger charge is 2.20. The molecule has 0 fully saturated rings. The number of rotatable bonds is 4. The van der Waals surface area contributed by atoms with E-state index >= 15 is 0 Å². The Morgan fingerprint density at radius 3 is 2.87 bits per heavy atom. The Labute approximate surface area is 95.4 Å². The molecule has 0 atom stereocenters. The normalized spacial score (nSPS) is 18.3. The third kappa shape index (κ3) is 3.39. The van der Waals surface area contributed by atoms with E-state index in [1.807, 2.05) is 0 Å². The van der Waals surface area contributed by atoms with Crippen LogP contribution in [0, 0.1) is 0 Å². The van der Waals surface area contributed by atoms with Crippen molar-refractivity contribution in [2.24, 2.45) is 5.73 Å². The van der Waals surface area contributed by atoms with Gasteiger partial charge >= 0.3 is 0 Å². The lowest BCUT2D eigenvalue weighted by Gasteiger charge is -2.32. The monoisotopic (exact) mass is 226 g/mol. The van der Waals surface area contributed by atoms with Crippen molar-refractivity contribution in [1.82, 2.24) is 4.90 Å². The lowest BCUT2D eigenvalue weighted by Crippen LogP contribution is -2.37. The van der Waals surface area contributed by atoms with Crippen LogP contribution in [0.5, 0.6) is 0 Å². The third-order valence-corrected chi connectivity index (χ3v) is 3.49. The van der Waals surface area contributed by atoms with Crippen LogP contribution in [-0.4, -0.2) is 30.3 Å². The van der Waals surface area contributed by atoms with E-state index in [9.17, 15) is 4.79 Å². The molecular weight excluding hydrogens is 208 g/mol. The lowest BCUT2D eigenvalue weighted by molar-refractivity contribution is -0.104. The summed E-state index contributed by atoms with van der Waals surface area (Å²) in [5.74, 6) is 0. The summed E-state index contributed by atoms with van der Waals surface area (Å²) in [6.45, 7) is 9.82. The molecule has 4 heteroatoms. The minimum Gasteiger partial charge on any atom is -0.401 e. The number of nitrogens with zero attached hydrogens (tertiary/aromatic N) is 1. The van der Waals surface area contributed by atoms with Crippen molar-refractivity contribution < 1.29 is 4.79 Å². The molecule has 0 aromatic heterocycles. The van der Waals surface area contributed by atoms with Crippen LogP contribution in [0.2, 0.25) is 0 Å². The van der Waals surface area contributed by atoms with Gasteiger partial charge in [-0.3, -0.25) is 9.69 Å². The van der Waals surface area contributed by atoms with Gasteiger partial charge in [0, 0.05) is 41.1 Å². The minimum atomic E-state index is 0.512. The highest BCUT2D eigenvalue weighted by atomic mass is 32.2. The smallest absolute Gasteiger partial charge is 0.156 e. The Balaban J connectivity index is 2.68. The van der Waals surface area contributed by atoms with E-state index in [0.29, 0.717) is 10.9 Å². The quantitative estimate of drug-likeness (QED) is 0.585. The van der Waals surface area contributed by atoms with Gasteiger partial charge in [-0.05, 0) is 13.8 Å². The molecule has 3 nitrogen and oxygen atoms in total. The molecule has 1 aliphatic rings. The predicted molar refractivity (Wildman–Crippen MR) is 65.3 cm³/mol. The number of thioether (sulfide) groups is 1. The molecule has 0 bridgehead atoms. The second-order valence-corrected chi connectivity index (χ2v) is 5.17. The second-order valence-electron chi connectivity index (χ2n) is 3.95. The number of hydrogen-bond acceptors (Lipinski definition) is 4. The number of nitrogens with two attached hydrogens (primary N) is 1. The molecule has 0 saturated heterocycles. The van der Waals surface area contributed by atoms with Gasteiger partial charge in [-0.15, -0.1) is 0 Å². The molecule has 15 heavy (non-hydrogen) atoms. The Morgan fingerprint density at radius 2 is 2.33 bits per heavy atom. The van der Waals surface area contributed by atoms with E-state index in [2.05, 4.69) is 25.3 Å². The summed E-state index contributed by atoms with van der Waals surface area (Å²) in [6, 6.07) is 0.512. The molecule has 1 rings (SSSR count). The van der Waals surface area contributed by atoms with Crippen molar-refractivity contribution in [2.75, 3.05) is 13.1 Å². The fraction of sp³-hybridized carbons (Fsp3) is 0.545. The van der Waals surface area contributed by atoms with E-state index < -0.39 is 0 Å². The van der Waals surface area contributed by atoms with E-state index in [1.165, 1.54) is 11.8 Å². The standard InChI is InChI=1S/C11H18N2OS/c1-8(2)13-5-4-10(12)11(6-13)15-9(3)7-14/h7-8H,3-6,12H2,1-2H3. The van der Waals surface area contributed by atoms with Gasteiger partial charge in [0.1, 0.15) is 0 Å². The third-order valence-electron chi connectivity index (χ3n) is 2.49. The Hall–Kier alpha value is -0.740. The Kier molecular flexibility index (Phi) is 4.42. The van der Waals surface area contributed by atoms with Gasteiger partial charge in [0.25, 0.3) is 0 Å². The molecule has 0 spiro atoms. The van der Waals surface area contributed by atoms with Crippen molar-refractivity contribution in [3.8, 4) is 0 Å². The zero-order valence-corrected chi connectivity index (χ0v) is 10.1. The number of carbonyl (C=O) groups excluding carboxylic acids is 1. The maximum atomic E-state index is 10.5. The second kappa shape index (κ2) is 5.37. The molecule has 0 radical (unpaired) electrons. The predicted octanol–water partition coefficient (Wildman–Crippen LogP) is 1.72. The molecular formula is C11H18N2OS. The average molecular weight is 226 g/mol. The van der Waals surface area contributed by atoms with Gasteiger partial charge < -0.3 is 5.73 Å². The van der Waals surface area contributed by atoms with Crippen LogP contribution in [0.1, 0.15) is 20.3 Å². The summed E-state index contributed by atoms with van der Waals surface area (Å²) in [4.78, 5) is 14.4. The van der Waals surface area contributed by atoms with Gasteiger partial charge in [-0.1, -0.05) is 18.3 Å². The number of hydrogen-bond donors (Lipinski definition) is 1. The van der Waals surface area contributed by atoms with Crippen molar-refractivity contribution in [1.29, 1.82) is 0 Å². The van der Waals surface area contributed by atoms with Crippen LogP contribution in [0.4, 0.5) is 0 Å². The fourth-order valence-corrected chi connectivity index (χ4v) is 2.32. The van der Waals surface area contributed by atoms with Crippen LogP contribution in [0.3, 0.4) is 0 Å². The highest BCUT2D eigenvalue weighted by molar-refractivity contribution is 8.07. The first-order valence-corrected chi connectivity index (χ1v) is 5.89. The molecule has 0 unspecified atom stereocenters. The number of allylic oxidation sites excluding steroid dienone is 1. The molecule has 0 aliphatic carbocycles. The van der Waals surface area contributed by atoms with Gasteiger partial charge in [0.15, 0.2) is 6.29 Å². The van der Waals surface area contributed by atoms with Crippen molar-refractivity contribution in [3.05, 3.63) is 22.1 Å². The summed E-state index contributed by atoms with van der Waals surface area (Å²) in [6.07, 6.45) is 1.66. The maximum absolute atomic E-state index is 10.5. The van der Waals surface area contributed by atoms with E-state index in [0.717, 1.165) is 36.4 Å². The van der Waals surface area contributed by atoms with Crippen LogP contribution < -0.4 is 5.73 Å². The Bertz CT molecular complexity index is 297. The average Bonchev–Trinajstić information content (AvgIpc) is 2.20. The number of carbonyl (C=O) groups is 1. The summed E-state index contributed by atoms with van der Waals surface area (Å²) >= 11 is 1.40. The van der Waals surface area contributed by atoms with E-state index in [1.54, 1.807) is 0 Å². The molecule has 2 N–H and O–H groups in total. The van der Waals surface area contributed by atoms with Crippen LogP contribution >= 0.6 is 11.8 Å². The molecule has 0 aromatic rings. The highest BCUT2D eigenvalue weighted by Crippen LogP contribution is 2.29. The first-order valence-electron chi connectivity index (χ1n) is 5.08. The number of aldehydes is 1. The first-order chi connectivity index (χ1) is 7.04. The van der Waals surface area contributed by atoms with Crippen LogP contribution in [0.15, 0.2) is 22.1 Å². The lowest BCUT2D eigenvalue weighted by atomic mass is 10.1. The SMILES string of the molecule is C=C(C=O)SC1=C(N)CCN(C(C)C)C1. The molecule has 1 aliphatic heterocycles. The van der Waals surface area contributed by atoms with Crippen molar-refractivity contribution in [2.45, 2.75) is 26.3 Å². The van der Waals surface area contributed by atoms with Crippen molar-refractivity contribution >= 4 is 18.0 Å². The maximum Gasteiger partial charge on any atom is 0.156 e. The summed E-state index contributed by atoms with van der Waals surface area (Å²) in [5.41, 5.74) is 6.82. The molecule has 1 heterocycles. The zero-order chi connectivity index (χ0) is 11.4. The topological polar surface area (TPSA) is 46.3 Å². The Morgan fingerprint density at radius 1 is 1.67 bits per heavy atom. The van der Waals surface area contributed by atoms with Crippen LogP contribution in [0.25, 0.3) is 0 Å². The van der Waals surface area contributed by atoms with Gasteiger partial charge in [0.05, 0.1) is 0 Å². The summed E-state index contributed by atoms with van der Waals surface area (Å²) in [5, 5.41) is 0. The van der Waals surface area contributed by atoms with E-state index in [4.69, 9.17) is 5.73 Å². The van der Waals surface area contributed by atoms with Gasteiger partial charge in [0.2, 0.25) is 0 Å². The largest absolute Gasteiger partial charge is 0.401 e. The molecule has 0 aromatic carbocycles. The van der Waals surface area contributed by atoms with Crippen molar-refractivity contribution in [3.63, 3.8) is 0 Å². The summed E-state index contributed by atoms with van der Waals surface area (Å²) in [7, 11) is 0. The van der Waals surface area contributed by atoms with Gasteiger partial charge in [-0.2, -0.15) is 0 Å². The van der Waals surface area contributed by atoms with Crippen LogP contribution in [-0.2, 0) is 4.79 Å². The molecule has 84 valence electrons. The fourth-order valence-electron chi connectivity index (χ4n) is 1.49.